The summed E-state index contributed by atoms with van der Waals surface area (Å²) in [7, 11) is -5.26. The van der Waals surface area contributed by atoms with Gasteiger partial charge in [-0.15, -0.1) is 0 Å². The zero-order valence-electron chi connectivity index (χ0n) is 13.8. The smallest absolute Gasteiger partial charge is 0.790 e. The van der Waals surface area contributed by atoms with Gasteiger partial charge in [0.25, 0.3) is 5.56 Å². The summed E-state index contributed by atoms with van der Waals surface area (Å²) >= 11 is 0. The maximum atomic E-state index is 11.7. The first kappa shape index (κ1) is 24.2. The number of nitrogens with one attached hydrogen (secondary N) is 1. The van der Waals surface area contributed by atoms with E-state index in [-0.39, 0.29) is 76.2 Å². The number of hydrogen-bond acceptors (Lipinski definition) is 11. The van der Waals surface area contributed by atoms with Gasteiger partial charge in [-0.3, -0.25) is 14.3 Å². The van der Waals surface area contributed by atoms with Gasteiger partial charge in [0.15, 0.2) is 17.4 Å². The zero-order valence-corrected chi connectivity index (χ0v) is 18.7. The van der Waals surface area contributed by atoms with Gasteiger partial charge in [0, 0.05) is 0 Å². The minimum absolute atomic E-state index is 0. The number of phosphoric acid groups is 1. The van der Waals surface area contributed by atoms with Gasteiger partial charge in [0.1, 0.15) is 18.3 Å². The number of H-pyrrole nitrogens is 1. The molecule has 16 heteroatoms. The minimum Gasteiger partial charge on any atom is -0.790 e. The van der Waals surface area contributed by atoms with Crippen molar-refractivity contribution in [3.8, 4) is 0 Å². The number of phosphoric ester groups is 1. The average Bonchev–Trinajstić information content (AvgIpc) is 3.00. The molecule has 0 aliphatic carbocycles. The molecule has 5 N–H and O–H groups in total. The van der Waals surface area contributed by atoms with Crippen LogP contribution in [0.2, 0.25) is 0 Å². The third-order valence-corrected chi connectivity index (χ3v) is 3.92. The van der Waals surface area contributed by atoms with Gasteiger partial charge in [0.05, 0.1) is 20.8 Å². The molecule has 132 valence electrons. The molecule has 0 bridgehead atoms. The second-order valence-electron chi connectivity index (χ2n) is 5.06. The summed E-state index contributed by atoms with van der Waals surface area (Å²) in [6, 6.07) is 0. The molecule has 2 aromatic heterocycles. The van der Waals surface area contributed by atoms with Crippen molar-refractivity contribution in [2.75, 3.05) is 12.3 Å². The van der Waals surface area contributed by atoms with Crippen molar-refractivity contribution in [2.45, 2.75) is 24.5 Å². The van der Waals surface area contributed by atoms with E-state index in [0.717, 1.165) is 10.9 Å². The van der Waals surface area contributed by atoms with E-state index in [1.807, 2.05) is 0 Å². The Bertz CT molecular complexity index is 871. The number of nitrogen functional groups attached to an aromatic ring is 1. The van der Waals surface area contributed by atoms with Crippen LogP contribution in [0.4, 0.5) is 5.95 Å². The van der Waals surface area contributed by atoms with E-state index in [1.165, 1.54) is 0 Å². The number of hydrogen-bond donors (Lipinski definition) is 4. The average molecular weight is 408 g/mol. The fourth-order valence-electron chi connectivity index (χ4n) is 2.39. The second kappa shape index (κ2) is 9.09. The van der Waals surface area contributed by atoms with Crippen LogP contribution in [0.15, 0.2) is 11.1 Å². The molecule has 13 nitrogen and oxygen atoms in total. The number of ether oxygens (including phenoxy) is 1. The van der Waals surface area contributed by atoms with Crippen molar-refractivity contribution in [1.82, 2.24) is 19.5 Å². The van der Waals surface area contributed by atoms with Crippen molar-refractivity contribution in [3.63, 3.8) is 0 Å². The van der Waals surface area contributed by atoms with Gasteiger partial charge >= 0.3 is 59.1 Å². The molecule has 0 aromatic carbocycles. The normalized spacial score (nSPS) is 25.7. The predicted molar refractivity (Wildman–Crippen MR) is 72.0 cm³/mol. The van der Waals surface area contributed by atoms with Crippen LogP contribution in [-0.2, 0) is 13.8 Å². The molecule has 1 aliphatic heterocycles. The van der Waals surface area contributed by atoms with Crippen LogP contribution < -0.4 is 80.2 Å². The fourth-order valence-corrected chi connectivity index (χ4v) is 2.72. The van der Waals surface area contributed by atoms with Gasteiger partial charge < -0.3 is 39.6 Å². The molecular formula is C10H12N5Na2O8P. The number of imidazole rings is 1. The number of aromatic amines is 1. The van der Waals surface area contributed by atoms with Crippen molar-refractivity contribution in [1.29, 1.82) is 0 Å². The molecule has 1 aliphatic rings. The molecule has 3 rings (SSSR count). The summed E-state index contributed by atoms with van der Waals surface area (Å²) in [6.45, 7) is -0.776. The number of nitrogens with two attached hydrogens (primary N) is 1. The molecule has 4 atom stereocenters. The monoisotopic (exact) mass is 408 g/mol. The van der Waals surface area contributed by atoms with Gasteiger partial charge in [0.2, 0.25) is 5.95 Å². The van der Waals surface area contributed by atoms with E-state index in [2.05, 4.69) is 19.5 Å². The van der Waals surface area contributed by atoms with Crippen LogP contribution in [-0.4, -0.2) is 54.7 Å². The Morgan fingerprint density at radius 1 is 1.38 bits per heavy atom. The molecule has 0 saturated carbocycles. The summed E-state index contributed by atoms with van der Waals surface area (Å²) < 4.78 is 21.0. The van der Waals surface area contributed by atoms with Crippen molar-refractivity contribution in [3.05, 3.63) is 16.7 Å². The molecule has 1 saturated heterocycles. The Hall–Kier alpha value is 0.140. The summed E-state index contributed by atoms with van der Waals surface area (Å²) in [5, 5.41) is 20.0. The number of aliphatic hydroxyl groups is 2. The summed E-state index contributed by atoms with van der Waals surface area (Å²) in [4.78, 5) is 42.7. The molecule has 3 heterocycles. The van der Waals surface area contributed by atoms with Gasteiger partial charge in [-0.1, -0.05) is 0 Å². The van der Waals surface area contributed by atoms with E-state index in [9.17, 15) is 29.4 Å². The summed E-state index contributed by atoms with van der Waals surface area (Å²) in [6.07, 6.45) is -4.46. The number of rotatable bonds is 4. The topological polar surface area (TPSA) is 212 Å². The molecule has 2 aromatic rings. The van der Waals surface area contributed by atoms with Gasteiger partial charge in [-0.05, 0) is 0 Å². The third kappa shape index (κ3) is 4.94. The Balaban J connectivity index is 0.00000169. The standard InChI is InChI=1S/C10H14N5O8P.2Na/c11-10-13-7-4(8(18)14-10)12-2-15(7)9-6(17)5(16)3(23-9)1-22-24(19,20)21;;/h2-3,5-6,9,16-17H,1H2,(H2,19,20,21)(H3,11,13,14,18);;/q;2*+1/p-2/t3-,5-,6-,9-;;/m1../s1/i15+1;;. The van der Waals surface area contributed by atoms with Crippen molar-refractivity contribution >= 4 is 24.9 Å². The first-order valence-corrected chi connectivity index (χ1v) is 8.04. The Morgan fingerprint density at radius 2 is 2.04 bits per heavy atom. The molecule has 0 amide bonds. The first-order valence-electron chi connectivity index (χ1n) is 6.58. The summed E-state index contributed by atoms with van der Waals surface area (Å²) in [5.74, 6) is -0.194. The molecule has 0 unspecified atom stereocenters. The number of anilines is 1. The fraction of sp³-hybridized carbons (Fsp3) is 0.500. The maximum Gasteiger partial charge on any atom is 1.00 e. The molecule has 0 radical (unpaired) electrons. The van der Waals surface area contributed by atoms with E-state index >= 15 is 0 Å². The minimum atomic E-state index is -5.26. The molecule has 1 fully saturated rings. The number of fused-ring (bicyclic) bond motifs is 1. The summed E-state index contributed by atoms with van der Waals surface area (Å²) in [5.41, 5.74) is 4.77. The van der Waals surface area contributed by atoms with Crippen LogP contribution in [0.3, 0.4) is 0 Å². The van der Waals surface area contributed by atoms with Crippen molar-refractivity contribution in [2.24, 2.45) is 0 Å². The Labute approximate surface area is 189 Å². The van der Waals surface area contributed by atoms with E-state index in [4.69, 9.17) is 10.5 Å². The quantitative estimate of drug-likeness (QED) is 0.275. The third-order valence-electron chi connectivity index (χ3n) is 3.46. The number of nitrogens with zero attached hydrogens (tertiary/aromatic N) is 3. The van der Waals surface area contributed by atoms with Crippen LogP contribution >= 0.6 is 7.82 Å². The molecular weight excluding hydrogens is 396 g/mol. The van der Waals surface area contributed by atoms with Crippen LogP contribution in [0.5, 0.6) is 0 Å². The van der Waals surface area contributed by atoms with Gasteiger partial charge in [-0.2, -0.15) is 4.98 Å². The van der Waals surface area contributed by atoms with Crippen LogP contribution in [0, 0.1) is 0 Å². The Kier molecular flexibility index (Phi) is 8.46. The van der Waals surface area contributed by atoms with E-state index in [0.29, 0.717) is 0 Å². The van der Waals surface area contributed by atoms with Crippen LogP contribution in [0.1, 0.15) is 6.23 Å². The van der Waals surface area contributed by atoms with Crippen molar-refractivity contribution < 1.29 is 92.9 Å². The Morgan fingerprint density at radius 3 is 2.65 bits per heavy atom. The second-order valence-corrected chi connectivity index (χ2v) is 6.22. The maximum absolute atomic E-state index is 11.7. The molecule has 26 heavy (non-hydrogen) atoms. The zero-order chi connectivity index (χ0) is 17.6. The SMILES string of the molecule is Nc1nc2c(nc[15n]2[C@@H]2O[C@H](COP(=O)([O-])[O-])[C@@H](O)[C@H]2O)c(=O)[nH]1.[Na+].[Na+]. The number of aromatic nitrogens is 4. The first-order chi connectivity index (χ1) is 11.2. The van der Waals surface area contributed by atoms with Crippen LogP contribution in [0.25, 0.3) is 11.2 Å². The predicted octanol–water partition coefficient (Wildman–Crippen LogP) is -9.83. The number of aliphatic hydroxyl groups excluding tert-OH is 2. The van der Waals surface area contributed by atoms with E-state index < -0.39 is 44.5 Å². The van der Waals surface area contributed by atoms with E-state index in [1.54, 1.807) is 0 Å². The largest absolute Gasteiger partial charge is 1.00 e. The van der Waals surface area contributed by atoms with Gasteiger partial charge in [-0.25, -0.2) is 4.98 Å². The molecule has 0 spiro atoms.